The molecule has 4 heteroatoms. The van der Waals surface area contributed by atoms with Crippen molar-refractivity contribution in [2.24, 2.45) is 0 Å². The van der Waals surface area contributed by atoms with E-state index in [0.29, 0.717) is 0 Å². The summed E-state index contributed by atoms with van der Waals surface area (Å²) in [7, 11) is 0. The van der Waals surface area contributed by atoms with E-state index in [4.69, 9.17) is 0 Å². The first kappa shape index (κ1) is 9.65. The highest BCUT2D eigenvalue weighted by atomic mass is 79.9. The van der Waals surface area contributed by atoms with Crippen molar-refractivity contribution in [1.29, 1.82) is 0 Å². The van der Waals surface area contributed by atoms with Crippen LogP contribution in [0.1, 0.15) is 26.5 Å². The molecule has 74 valence electrons. The number of aromatic nitrogens is 3. The molecule has 0 unspecified atom stereocenters. The van der Waals surface area contributed by atoms with Crippen LogP contribution in [-0.4, -0.2) is 14.6 Å². The Hall–Kier alpha value is -0.900. The van der Waals surface area contributed by atoms with Gasteiger partial charge in [0.05, 0.1) is 11.9 Å². The van der Waals surface area contributed by atoms with Gasteiger partial charge in [-0.3, -0.25) is 0 Å². The Morgan fingerprint density at radius 1 is 1.29 bits per heavy atom. The number of hydrogen-bond acceptors (Lipinski definition) is 2. The lowest BCUT2D eigenvalue weighted by Gasteiger charge is -2.17. The maximum atomic E-state index is 4.51. The lowest BCUT2D eigenvalue weighted by molar-refractivity contribution is 0.553. The zero-order valence-corrected chi connectivity index (χ0v) is 10.0. The minimum absolute atomic E-state index is 0.0674. The molecule has 0 atom stereocenters. The highest BCUT2D eigenvalue weighted by Crippen LogP contribution is 2.21. The van der Waals surface area contributed by atoms with Gasteiger partial charge >= 0.3 is 0 Å². The van der Waals surface area contributed by atoms with Crippen molar-refractivity contribution >= 4 is 21.6 Å². The standard InChI is InChI=1S/C10H12BrN3/c1-10(2,3)7-4-5-9-12-6-8(11)14(9)13-7/h4-6H,1-3H3. The Balaban J connectivity index is 2.66. The van der Waals surface area contributed by atoms with Gasteiger partial charge in [0, 0.05) is 5.41 Å². The molecule has 0 radical (unpaired) electrons. The fourth-order valence-electron chi connectivity index (χ4n) is 1.25. The molecule has 2 heterocycles. The number of imidazole rings is 1. The predicted molar refractivity (Wildman–Crippen MR) is 59.4 cm³/mol. The molecule has 0 saturated carbocycles. The van der Waals surface area contributed by atoms with Gasteiger partial charge in [0.2, 0.25) is 0 Å². The van der Waals surface area contributed by atoms with Crippen LogP contribution in [0.25, 0.3) is 5.65 Å². The van der Waals surface area contributed by atoms with Crippen LogP contribution in [0.4, 0.5) is 0 Å². The fraction of sp³-hybridized carbons (Fsp3) is 0.400. The Bertz CT molecular complexity index is 468. The van der Waals surface area contributed by atoms with Crippen molar-refractivity contribution in [2.75, 3.05) is 0 Å². The van der Waals surface area contributed by atoms with Gasteiger partial charge in [-0.2, -0.15) is 5.10 Å². The van der Waals surface area contributed by atoms with E-state index >= 15 is 0 Å². The van der Waals surface area contributed by atoms with E-state index in [2.05, 4.69) is 46.8 Å². The number of halogens is 1. The van der Waals surface area contributed by atoms with Gasteiger partial charge in [0.1, 0.15) is 4.60 Å². The topological polar surface area (TPSA) is 30.2 Å². The van der Waals surface area contributed by atoms with E-state index in [9.17, 15) is 0 Å². The van der Waals surface area contributed by atoms with Gasteiger partial charge in [-0.25, -0.2) is 9.50 Å². The first-order valence-corrected chi connectivity index (χ1v) is 5.28. The molecule has 0 saturated heterocycles. The van der Waals surface area contributed by atoms with Crippen LogP contribution in [0.5, 0.6) is 0 Å². The first-order chi connectivity index (χ1) is 6.48. The summed E-state index contributed by atoms with van der Waals surface area (Å²) < 4.78 is 2.69. The van der Waals surface area contributed by atoms with Crippen LogP contribution in [0.2, 0.25) is 0 Å². The maximum Gasteiger partial charge on any atom is 0.154 e. The quantitative estimate of drug-likeness (QED) is 0.723. The normalized spacial score (nSPS) is 12.3. The minimum Gasteiger partial charge on any atom is -0.234 e. The summed E-state index contributed by atoms with van der Waals surface area (Å²) in [5.41, 5.74) is 1.99. The van der Waals surface area contributed by atoms with Crippen LogP contribution in [0.3, 0.4) is 0 Å². The molecule has 2 aromatic heterocycles. The summed E-state index contributed by atoms with van der Waals surface area (Å²) in [4.78, 5) is 4.19. The van der Waals surface area contributed by atoms with Gasteiger partial charge in [0.25, 0.3) is 0 Å². The zero-order chi connectivity index (χ0) is 10.3. The summed E-state index contributed by atoms with van der Waals surface area (Å²) >= 11 is 3.41. The lowest BCUT2D eigenvalue weighted by Crippen LogP contribution is -2.15. The Morgan fingerprint density at radius 2 is 2.00 bits per heavy atom. The smallest absolute Gasteiger partial charge is 0.154 e. The first-order valence-electron chi connectivity index (χ1n) is 4.49. The number of fused-ring (bicyclic) bond motifs is 1. The van der Waals surface area contributed by atoms with E-state index in [1.165, 1.54) is 0 Å². The third kappa shape index (κ3) is 1.54. The van der Waals surface area contributed by atoms with E-state index in [0.717, 1.165) is 15.9 Å². The van der Waals surface area contributed by atoms with E-state index < -0.39 is 0 Å². The molecule has 14 heavy (non-hydrogen) atoms. The maximum absolute atomic E-state index is 4.51. The van der Waals surface area contributed by atoms with Crippen molar-refractivity contribution in [3.8, 4) is 0 Å². The molecule has 0 aliphatic carbocycles. The second kappa shape index (κ2) is 3.05. The molecule has 0 spiro atoms. The molecule has 0 fully saturated rings. The van der Waals surface area contributed by atoms with Crippen LogP contribution in [-0.2, 0) is 5.41 Å². The van der Waals surface area contributed by atoms with Gasteiger partial charge in [-0.15, -0.1) is 0 Å². The molecule has 0 bridgehead atoms. The second-order valence-electron chi connectivity index (χ2n) is 4.32. The van der Waals surface area contributed by atoms with E-state index in [1.54, 1.807) is 10.7 Å². The van der Waals surface area contributed by atoms with Crippen molar-refractivity contribution in [3.63, 3.8) is 0 Å². The van der Waals surface area contributed by atoms with Crippen molar-refractivity contribution < 1.29 is 0 Å². The summed E-state index contributed by atoms with van der Waals surface area (Å²) in [5.74, 6) is 0. The molecule has 0 amide bonds. The summed E-state index contributed by atoms with van der Waals surface area (Å²) in [6.07, 6.45) is 1.76. The molecule has 0 aromatic carbocycles. The third-order valence-corrected chi connectivity index (χ3v) is 2.63. The monoisotopic (exact) mass is 253 g/mol. The average molecular weight is 254 g/mol. The van der Waals surface area contributed by atoms with E-state index in [-0.39, 0.29) is 5.41 Å². The van der Waals surface area contributed by atoms with Gasteiger partial charge in [-0.1, -0.05) is 20.8 Å². The SMILES string of the molecule is CC(C)(C)c1ccc2ncc(Br)n2n1. The Morgan fingerprint density at radius 3 is 2.64 bits per heavy atom. The van der Waals surface area contributed by atoms with Crippen LogP contribution < -0.4 is 0 Å². The van der Waals surface area contributed by atoms with Crippen molar-refractivity contribution in [1.82, 2.24) is 14.6 Å². The molecular formula is C10H12BrN3. The lowest BCUT2D eigenvalue weighted by atomic mass is 9.92. The molecule has 3 nitrogen and oxygen atoms in total. The van der Waals surface area contributed by atoms with Gasteiger partial charge < -0.3 is 0 Å². The van der Waals surface area contributed by atoms with Crippen molar-refractivity contribution in [3.05, 3.63) is 28.6 Å². The molecule has 2 aromatic rings. The summed E-state index contributed by atoms with van der Waals surface area (Å²) in [6, 6.07) is 4.01. The van der Waals surface area contributed by atoms with Crippen LogP contribution >= 0.6 is 15.9 Å². The molecule has 0 N–H and O–H groups in total. The predicted octanol–water partition coefficient (Wildman–Crippen LogP) is 2.79. The number of nitrogens with zero attached hydrogens (tertiary/aromatic N) is 3. The highest BCUT2D eigenvalue weighted by Gasteiger charge is 2.16. The Kier molecular flexibility index (Phi) is 2.10. The Labute approximate surface area is 91.3 Å². The fourth-order valence-corrected chi connectivity index (χ4v) is 1.61. The molecule has 0 aliphatic rings. The number of hydrogen-bond donors (Lipinski definition) is 0. The number of rotatable bonds is 0. The van der Waals surface area contributed by atoms with Crippen LogP contribution in [0.15, 0.2) is 22.9 Å². The van der Waals surface area contributed by atoms with Crippen LogP contribution in [0, 0.1) is 0 Å². The molecular weight excluding hydrogens is 242 g/mol. The minimum atomic E-state index is 0.0674. The summed E-state index contributed by atoms with van der Waals surface area (Å²) in [5, 5.41) is 4.51. The molecule has 0 aliphatic heterocycles. The average Bonchev–Trinajstić information content (AvgIpc) is 2.46. The highest BCUT2D eigenvalue weighted by molar-refractivity contribution is 9.10. The van der Waals surface area contributed by atoms with Gasteiger partial charge in [0.15, 0.2) is 5.65 Å². The van der Waals surface area contributed by atoms with E-state index in [1.807, 2.05) is 12.1 Å². The van der Waals surface area contributed by atoms with Gasteiger partial charge in [-0.05, 0) is 28.1 Å². The second-order valence-corrected chi connectivity index (χ2v) is 5.13. The zero-order valence-electron chi connectivity index (χ0n) is 8.45. The van der Waals surface area contributed by atoms with Crippen molar-refractivity contribution in [2.45, 2.75) is 26.2 Å². The third-order valence-electron chi connectivity index (χ3n) is 2.09. The largest absolute Gasteiger partial charge is 0.234 e. The summed E-state index contributed by atoms with van der Waals surface area (Å²) in [6.45, 7) is 6.43. The molecule has 2 rings (SSSR count).